The van der Waals surface area contributed by atoms with Gasteiger partial charge in [0.25, 0.3) is 5.91 Å². The Bertz CT molecular complexity index is 707. The minimum Gasteiger partial charge on any atom is -0.488 e. The molecule has 3 rings (SSSR count). The zero-order chi connectivity index (χ0) is 19.6. The second-order valence-corrected chi connectivity index (χ2v) is 9.62. The Morgan fingerprint density at radius 2 is 2.04 bits per heavy atom. The first kappa shape index (κ1) is 20.6. The van der Waals surface area contributed by atoms with E-state index in [1.54, 1.807) is 0 Å². The van der Waals surface area contributed by atoms with Crippen LogP contribution in [0.2, 0.25) is 5.02 Å². The highest BCUT2D eigenvalue weighted by Gasteiger charge is 2.41. The Labute approximate surface area is 167 Å². The summed E-state index contributed by atoms with van der Waals surface area (Å²) < 4.78 is 33.8. The maximum absolute atomic E-state index is 14.6. The molecule has 7 heteroatoms. The average Bonchev–Trinajstić information content (AvgIpc) is 2.60. The van der Waals surface area contributed by atoms with E-state index >= 15 is 0 Å². The summed E-state index contributed by atoms with van der Waals surface area (Å²) in [5, 5.41) is 0.0595. The summed E-state index contributed by atoms with van der Waals surface area (Å²) in [5.74, 6) is 0.198. The van der Waals surface area contributed by atoms with Crippen molar-refractivity contribution in [3.05, 3.63) is 28.5 Å². The molecule has 27 heavy (non-hydrogen) atoms. The number of carbonyl (C=O) groups excluding carboxylic acids is 1. The molecule has 1 aromatic rings. The number of carbonyl (C=O) groups is 1. The van der Waals surface area contributed by atoms with E-state index in [1.165, 1.54) is 38.0 Å². The van der Waals surface area contributed by atoms with Crippen molar-refractivity contribution in [1.29, 1.82) is 0 Å². The van der Waals surface area contributed by atoms with Crippen molar-refractivity contribution in [3.8, 4) is 5.75 Å². The first-order valence-corrected chi connectivity index (χ1v) is 11.5. The summed E-state index contributed by atoms with van der Waals surface area (Å²) in [6.45, 7) is 2.62. The highest BCUT2D eigenvalue weighted by Crippen LogP contribution is 2.50. The molecule has 0 heterocycles. The highest BCUT2D eigenvalue weighted by atomic mass is 35.5. The molecule has 0 aliphatic heterocycles. The van der Waals surface area contributed by atoms with Crippen LogP contribution >= 0.6 is 11.6 Å². The van der Waals surface area contributed by atoms with Gasteiger partial charge in [-0.3, -0.25) is 9.52 Å². The second-order valence-electron chi connectivity index (χ2n) is 8.10. The van der Waals surface area contributed by atoms with Gasteiger partial charge in [0.2, 0.25) is 0 Å². The van der Waals surface area contributed by atoms with E-state index in [1.807, 2.05) is 0 Å². The Morgan fingerprint density at radius 3 is 2.59 bits per heavy atom. The maximum Gasteiger partial charge on any atom is 0.263 e. The summed E-state index contributed by atoms with van der Waals surface area (Å²) in [6, 6.07) is 2.44. The summed E-state index contributed by atoms with van der Waals surface area (Å²) in [7, 11) is -1.53. The van der Waals surface area contributed by atoms with Crippen molar-refractivity contribution in [1.82, 2.24) is 4.72 Å². The molecule has 2 saturated carbocycles. The van der Waals surface area contributed by atoms with Crippen molar-refractivity contribution < 1.29 is 18.1 Å². The first-order chi connectivity index (χ1) is 12.8. The maximum atomic E-state index is 14.6. The van der Waals surface area contributed by atoms with Gasteiger partial charge >= 0.3 is 0 Å². The van der Waals surface area contributed by atoms with Gasteiger partial charge in [0.1, 0.15) is 11.0 Å². The summed E-state index contributed by atoms with van der Waals surface area (Å²) in [5.41, 5.74) is 0.0938. The van der Waals surface area contributed by atoms with Crippen molar-refractivity contribution in [2.45, 2.75) is 51.9 Å². The fourth-order valence-corrected chi connectivity index (χ4v) is 5.47. The van der Waals surface area contributed by atoms with E-state index in [0.717, 1.165) is 37.2 Å². The number of hydrogen-bond donors (Lipinski definition) is 1. The first-order valence-electron chi connectivity index (χ1n) is 9.58. The summed E-state index contributed by atoms with van der Waals surface area (Å²) in [4.78, 5) is 11.9. The molecule has 2 fully saturated rings. The zero-order valence-electron chi connectivity index (χ0n) is 15.9. The molecular weight excluding hydrogens is 389 g/mol. The number of ether oxygens (including phenoxy) is 1. The third kappa shape index (κ3) is 4.83. The molecule has 3 unspecified atom stereocenters. The van der Waals surface area contributed by atoms with Crippen LogP contribution in [-0.4, -0.2) is 23.0 Å². The van der Waals surface area contributed by atoms with Crippen molar-refractivity contribution in [2.75, 3.05) is 12.9 Å². The van der Waals surface area contributed by atoms with Gasteiger partial charge in [-0.15, -0.1) is 0 Å². The number of hydrogen-bond acceptors (Lipinski definition) is 3. The van der Waals surface area contributed by atoms with Crippen LogP contribution in [-0.2, 0) is 11.0 Å². The lowest BCUT2D eigenvalue weighted by molar-refractivity contribution is 0.0121. The molecule has 4 nitrogen and oxygen atoms in total. The van der Waals surface area contributed by atoms with E-state index in [2.05, 4.69) is 11.6 Å². The van der Waals surface area contributed by atoms with Crippen molar-refractivity contribution >= 4 is 28.5 Å². The molecule has 1 N–H and O–H groups in total. The number of benzene rings is 1. The summed E-state index contributed by atoms with van der Waals surface area (Å²) >= 11 is 6.20. The normalized spacial score (nSPS) is 28.4. The zero-order valence-corrected chi connectivity index (χ0v) is 17.4. The lowest BCUT2D eigenvalue weighted by Crippen LogP contribution is -2.39. The van der Waals surface area contributed by atoms with Gasteiger partial charge in [-0.25, -0.2) is 8.60 Å². The SMILES string of the molecule is CCC1(COc2c(F)cc(C(=O)NS(C)=O)cc2Cl)CC2CCCC(C2)C1. The van der Waals surface area contributed by atoms with Crippen molar-refractivity contribution in [3.63, 3.8) is 0 Å². The molecule has 0 radical (unpaired) electrons. The van der Waals surface area contributed by atoms with Gasteiger partial charge in [-0.2, -0.15) is 0 Å². The monoisotopic (exact) mass is 415 g/mol. The topological polar surface area (TPSA) is 55.4 Å². The molecule has 0 saturated heterocycles. The molecule has 1 amide bonds. The average molecular weight is 416 g/mol. The molecule has 1 aromatic carbocycles. The quantitative estimate of drug-likeness (QED) is 0.720. The van der Waals surface area contributed by atoms with E-state index in [9.17, 15) is 13.4 Å². The fourth-order valence-electron chi connectivity index (χ4n) is 4.83. The summed E-state index contributed by atoms with van der Waals surface area (Å²) in [6.07, 6.45) is 9.80. The molecule has 2 bridgehead atoms. The third-order valence-electron chi connectivity index (χ3n) is 6.10. The van der Waals surface area contributed by atoms with Crippen LogP contribution in [0.15, 0.2) is 12.1 Å². The van der Waals surface area contributed by atoms with Crippen LogP contribution < -0.4 is 9.46 Å². The molecular formula is C20H27ClFNO3S. The minimum atomic E-state index is -1.53. The lowest BCUT2D eigenvalue weighted by atomic mass is 9.60. The Hall–Kier alpha value is -1.14. The molecule has 3 atom stereocenters. The van der Waals surface area contributed by atoms with Crippen LogP contribution in [0.3, 0.4) is 0 Å². The number of amides is 1. The van der Waals surface area contributed by atoms with Crippen LogP contribution in [0.4, 0.5) is 4.39 Å². The van der Waals surface area contributed by atoms with Gasteiger partial charge in [0.15, 0.2) is 11.6 Å². The van der Waals surface area contributed by atoms with E-state index in [0.29, 0.717) is 6.61 Å². The number of rotatable bonds is 6. The smallest absolute Gasteiger partial charge is 0.263 e. The predicted octanol–water partition coefficient (Wildman–Crippen LogP) is 4.88. The molecule has 2 aliphatic rings. The highest BCUT2D eigenvalue weighted by molar-refractivity contribution is 7.82. The van der Waals surface area contributed by atoms with E-state index in [4.69, 9.17) is 16.3 Å². The van der Waals surface area contributed by atoms with Gasteiger partial charge in [0.05, 0.1) is 11.6 Å². The standard InChI is InChI=1S/C20H27ClFNO3S/c1-3-20(10-13-5-4-6-14(7-13)11-20)12-26-18-16(21)8-15(9-17(18)22)19(24)23-27(2)25/h8-9,13-14H,3-7,10-12H2,1-2H3,(H,23,24). The van der Waals surface area contributed by atoms with Gasteiger partial charge in [0, 0.05) is 17.2 Å². The van der Waals surface area contributed by atoms with Crippen LogP contribution in [0, 0.1) is 23.1 Å². The van der Waals surface area contributed by atoms with E-state index < -0.39 is 22.7 Å². The number of fused-ring (bicyclic) bond motifs is 2. The van der Waals surface area contributed by atoms with Gasteiger partial charge < -0.3 is 4.74 Å². The fraction of sp³-hybridized carbons (Fsp3) is 0.650. The number of nitrogens with one attached hydrogen (secondary N) is 1. The Balaban J connectivity index is 1.73. The van der Waals surface area contributed by atoms with E-state index in [-0.39, 0.29) is 21.8 Å². The largest absolute Gasteiger partial charge is 0.488 e. The minimum absolute atomic E-state index is 0.00519. The van der Waals surface area contributed by atoms with Crippen molar-refractivity contribution in [2.24, 2.45) is 17.3 Å². The lowest BCUT2D eigenvalue weighted by Gasteiger charge is -2.46. The van der Waals surface area contributed by atoms with Gasteiger partial charge in [-0.1, -0.05) is 37.8 Å². The predicted molar refractivity (Wildman–Crippen MR) is 106 cm³/mol. The number of halogens is 2. The van der Waals surface area contributed by atoms with Crippen LogP contribution in [0.25, 0.3) is 0 Å². The molecule has 0 aromatic heterocycles. The molecule has 0 spiro atoms. The van der Waals surface area contributed by atoms with Crippen LogP contribution in [0.1, 0.15) is 62.2 Å². The van der Waals surface area contributed by atoms with Gasteiger partial charge in [-0.05, 0) is 49.7 Å². The Morgan fingerprint density at radius 1 is 1.37 bits per heavy atom. The van der Waals surface area contributed by atoms with Crippen LogP contribution in [0.5, 0.6) is 5.75 Å². The third-order valence-corrected chi connectivity index (χ3v) is 6.86. The Kier molecular flexibility index (Phi) is 6.46. The molecule has 150 valence electrons. The molecule has 2 aliphatic carbocycles. The second kappa shape index (κ2) is 8.48.